The molecule has 1 aromatic heterocycles. The van der Waals surface area contributed by atoms with Gasteiger partial charge in [-0.25, -0.2) is 0 Å². The average molecular weight is 261 g/mol. The Hall–Kier alpha value is -2.21. The van der Waals surface area contributed by atoms with Crippen molar-refractivity contribution < 1.29 is 4.92 Å². The van der Waals surface area contributed by atoms with Gasteiger partial charge >= 0.3 is 0 Å². The second-order valence-corrected chi connectivity index (χ2v) is 4.54. The molecule has 0 radical (unpaired) electrons. The fraction of sp³-hybridized carbons (Fsp3) is 0.0833. The van der Waals surface area contributed by atoms with Crippen LogP contribution in [0.5, 0.6) is 0 Å². The molecule has 0 amide bonds. The molecule has 0 fully saturated rings. The molecule has 0 aliphatic rings. The van der Waals surface area contributed by atoms with Gasteiger partial charge in [-0.15, -0.1) is 11.3 Å². The molecule has 0 aliphatic heterocycles. The standard InChI is InChI=1S/C12H11N3O2S/c1-9(12-3-2-8-18-12)13-14-10-4-6-11(7-5-10)15(16)17/h2-8,14H,1H3. The van der Waals surface area contributed by atoms with Crippen LogP contribution in [0, 0.1) is 10.1 Å². The molecule has 5 nitrogen and oxygen atoms in total. The Morgan fingerprint density at radius 1 is 1.33 bits per heavy atom. The highest BCUT2D eigenvalue weighted by molar-refractivity contribution is 7.12. The van der Waals surface area contributed by atoms with E-state index in [1.165, 1.54) is 12.1 Å². The molecule has 2 aromatic rings. The maximum atomic E-state index is 10.5. The first kappa shape index (κ1) is 12.3. The molecule has 1 heterocycles. The SMILES string of the molecule is CC(=NNc1ccc([N+](=O)[O-])cc1)c1cccs1. The number of nitro groups is 1. The molecule has 0 spiro atoms. The summed E-state index contributed by atoms with van der Waals surface area (Å²) in [4.78, 5) is 11.2. The van der Waals surface area contributed by atoms with Gasteiger partial charge in [0, 0.05) is 17.0 Å². The van der Waals surface area contributed by atoms with Crippen molar-refractivity contribution in [2.24, 2.45) is 5.10 Å². The summed E-state index contributed by atoms with van der Waals surface area (Å²) in [5.41, 5.74) is 4.54. The van der Waals surface area contributed by atoms with Gasteiger partial charge in [0.05, 0.1) is 16.3 Å². The lowest BCUT2D eigenvalue weighted by Gasteiger charge is -2.01. The molecule has 0 atom stereocenters. The maximum absolute atomic E-state index is 10.5. The molecule has 0 aliphatic carbocycles. The van der Waals surface area contributed by atoms with Crippen LogP contribution in [-0.2, 0) is 0 Å². The van der Waals surface area contributed by atoms with E-state index in [0.717, 1.165) is 16.3 Å². The van der Waals surface area contributed by atoms with Crippen LogP contribution in [0.2, 0.25) is 0 Å². The fourth-order valence-electron chi connectivity index (χ4n) is 1.35. The highest BCUT2D eigenvalue weighted by Crippen LogP contribution is 2.16. The molecule has 0 unspecified atom stereocenters. The minimum atomic E-state index is -0.427. The number of thiophene rings is 1. The molecule has 0 saturated heterocycles. The number of rotatable bonds is 4. The van der Waals surface area contributed by atoms with E-state index in [2.05, 4.69) is 10.5 Å². The predicted molar refractivity (Wildman–Crippen MR) is 73.2 cm³/mol. The first-order chi connectivity index (χ1) is 8.66. The van der Waals surface area contributed by atoms with Gasteiger partial charge in [0.25, 0.3) is 5.69 Å². The lowest BCUT2D eigenvalue weighted by Crippen LogP contribution is -1.97. The van der Waals surface area contributed by atoms with Gasteiger partial charge in [-0.1, -0.05) is 6.07 Å². The van der Waals surface area contributed by atoms with Gasteiger partial charge < -0.3 is 0 Å². The Kier molecular flexibility index (Phi) is 3.69. The second kappa shape index (κ2) is 5.42. The van der Waals surface area contributed by atoms with E-state index in [0.29, 0.717) is 0 Å². The monoisotopic (exact) mass is 261 g/mol. The summed E-state index contributed by atoms with van der Waals surface area (Å²) in [5, 5.41) is 16.7. The summed E-state index contributed by atoms with van der Waals surface area (Å²) in [6.45, 7) is 1.91. The van der Waals surface area contributed by atoms with E-state index in [4.69, 9.17) is 0 Å². The van der Waals surface area contributed by atoms with Crippen LogP contribution < -0.4 is 5.43 Å². The van der Waals surface area contributed by atoms with Crippen LogP contribution in [0.15, 0.2) is 46.9 Å². The molecule has 92 valence electrons. The van der Waals surface area contributed by atoms with Crippen LogP contribution >= 0.6 is 11.3 Å². The van der Waals surface area contributed by atoms with Gasteiger partial charge in [0.2, 0.25) is 0 Å². The van der Waals surface area contributed by atoms with Crippen molar-refractivity contribution in [2.75, 3.05) is 5.43 Å². The van der Waals surface area contributed by atoms with Gasteiger partial charge in [0.1, 0.15) is 0 Å². The molecule has 18 heavy (non-hydrogen) atoms. The Morgan fingerprint density at radius 2 is 2.06 bits per heavy atom. The third kappa shape index (κ3) is 2.92. The quantitative estimate of drug-likeness (QED) is 0.520. The normalized spacial score (nSPS) is 11.3. The second-order valence-electron chi connectivity index (χ2n) is 3.59. The number of nitrogens with zero attached hydrogens (tertiary/aromatic N) is 2. The first-order valence-electron chi connectivity index (χ1n) is 5.25. The van der Waals surface area contributed by atoms with Gasteiger partial charge in [0.15, 0.2) is 0 Å². The number of nitro benzene ring substituents is 1. The van der Waals surface area contributed by atoms with Crippen molar-refractivity contribution >= 4 is 28.4 Å². The zero-order valence-corrected chi connectivity index (χ0v) is 10.5. The molecule has 0 bridgehead atoms. The van der Waals surface area contributed by atoms with Crippen molar-refractivity contribution in [3.05, 3.63) is 56.8 Å². The molecule has 1 aromatic carbocycles. The molecular formula is C12H11N3O2S. The van der Waals surface area contributed by atoms with Crippen molar-refractivity contribution in [2.45, 2.75) is 6.92 Å². The molecule has 1 N–H and O–H groups in total. The van der Waals surface area contributed by atoms with E-state index >= 15 is 0 Å². The van der Waals surface area contributed by atoms with Crippen LogP contribution in [0.3, 0.4) is 0 Å². The van der Waals surface area contributed by atoms with Crippen LogP contribution in [-0.4, -0.2) is 10.6 Å². The molecular weight excluding hydrogens is 250 g/mol. The molecule has 0 saturated carbocycles. The number of hydrazone groups is 1. The summed E-state index contributed by atoms with van der Waals surface area (Å²) in [6.07, 6.45) is 0. The predicted octanol–water partition coefficient (Wildman–Crippen LogP) is 3.49. The Morgan fingerprint density at radius 3 is 2.61 bits per heavy atom. The minimum Gasteiger partial charge on any atom is -0.278 e. The lowest BCUT2D eigenvalue weighted by atomic mass is 10.3. The van der Waals surface area contributed by atoms with E-state index in [1.807, 2.05) is 24.4 Å². The largest absolute Gasteiger partial charge is 0.278 e. The minimum absolute atomic E-state index is 0.0690. The Labute approximate surface area is 108 Å². The number of nitrogens with one attached hydrogen (secondary N) is 1. The third-order valence-corrected chi connectivity index (χ3v) is 3.29. The van der Waals surface area contributed by atoms with Crippen LogP contribution in [0.4, 0.5) is 11.4 Å². The first-order valence-corrected chi connectivity index (χ1v) is 6.13. The zero-order chi connectivity index (χ0) is 13.0. The highest BCUT2D eigenvalue weighted by Gasteiger charge is 2.03. The zero-order valence-electron chi connectivity index (χ0n) is 9.66. The van der Waals surface area contributed by atoms with Gasteiger partial charge in [-0.3, -0.25) is 15.5 Å². The summed E-state index contributed by atoms with van der Waals surface area (Å²) < 4.78 is 0. The van der Waals surface area contributed by atoms with E-state index in [-0.39, 0.29) is 5.69 Å². The number of non-ortho nitro benzene ring substituents is 1. The lowest BCUT2D eigenvalue weighted by molar-refractivity contribution is -0.384. The van der Waals surface area contributed by atoms with Crippen molar-refractivity contribution in [1.29, 1.82) is 0 Å². The van der Waals surface area contributed by atoms with Crippen LogP contribution in [0.25, 0.3) is 0 Å². The summed E-state index contributed by atoms with van der Waals surface area (Å²) in [5.74, 6) is 0. The van der Waals surface area contributed by atoms with Gasteiger partial charge in [-0.2, -0.15) is 5.10 Å². The van der Waals surface area contributed by atoms with E-state index in [9.17, 15) is 10.1 Å². The van der Waals surface area contributed by atoms with Crippen molar-refractivity contribution in [3.8, 4) is 0 Å². The summed E-state index contributed by atoms with van der Waals surface area (Å²) >= 11 is 1.61. The van der Waals surface area contributed by atoms with E-state index < -0.39 is 4.92 Å². The molecule has 2 rings (SSSR count). The van der Waals surface area contributed by atoms with Crippen molar-refractivity contribution in [3.63, 3.8) is 0 Å². The smallest absolute Gasteiger partial charge is 0.269 e. The van der Waals surface area contributed by atoms with E-state index in [1.54, 1.807) is 23.5 Å². The summed E-state index contributed by atoms with van der Waals surface area (Å²) in [6, 6.07) is 10.1. The van der Waals surface area contributed by atoms with Crippen molar-refractivity contribution in [1.82, 2.24) is 0 Å². The Bertz CT molecular complexity index is 562. The summed E-state index contributed by atoms with van der Waals surface area (Å²) in [7, 11) is 0. The average Bonchev–Trinajstić information content (AvgIpc) is 2.90. The third-order valence-electron chi connectivity index (χ3n) is 2.31. The number of hydrogen-bond donors (Lipinski definition) is 1. The van der Waals surface area contributed by atoms with Crippen LogP contribution in [0.1, 0.15) is 11.8 Å². The fourth-order valence-corrected chi connectivity index (χ4v) is 2.02. The number of benzene rings is 1. The number of anilines is 1. The van der Waals surface area contributed by atoms with Gasteiger partial charge in [-0.05, 0) is 30.5 Å². The Balaban J connectivity index is 2.06. The highest BCUT2D eigenvalue weighted by atomic mass is 32.1. The maximum Gasteiger partial charge on any atom is 0.269 e. The number of hydrogen-bond acceptors (Lipinski definition) is 5. The topological polar surface area (TPSA) is 67.5 Å². The molecule has 6 heteroatoms.